The van der Waals surface area contributed by atoms with Gasteiger partial charge in [-0.3, -0.25) is 4.79 Å². The van der Waals surface area contributed by atoms with E-state index in [1.54, 1.807) is 0 Å². The predicted octanol–water partition coefficient (Wildman–Crippen LogP) is 2.13. The van der Waals surface area contributed by atoms with Crippen LogP contribution in [0.3, 0.4) is 0 Å². The van der Waals surface area contributed by atoms with Crippen LogP contribution in [0.4, 0.5) is 0 Å². The second kappa shape index (κ2) is 3.79. The topological polar surface area (TPSA) is 29.1 Å². The molecule has 0 amide bonds. The first-order valence-electron chi connectivity index (χ1n) is 5.30. The van der Waals surface area contributed by atoms with Crippen LogP contribution in [0, 0.1) is 5.92 Å². The van der Waals surface area contributed by atoms with Crippen LogP contribution in [0.15, 0.2) is 0 Å². The lowest BCUT2D eigenvalue weighted by Gasteiger charge is -2.43. The summed E-state index contributed by atoms with van der Waals surface area (Å²) in [7, 11) is 0. The molecule has 2 heteroatoms. The van der Waals surface area contributed by atoms with Crippen molar-refractivity contribution in [1.29, 1.82) is 0 Å². The molecule has 0 aromatic heterocycles. The van der Waals surface area contributed by atoms with Gasteiger partial charge in [0.1, 0.15) is 0 Å². The second-order valence-corrected chi connectivity index (χ2v) is 4.75. The summed E-state index contributed by atoms with van der Waals surface area (Å²) in [5, 5.41) is 3.42. The highest BCUT2D eigenvalue weighted by molar-refractivity contribution is 5.90. The van der Waals surface area contributed by atoms with Crippen molar-refractivity contribution in [3.8, 4) is 0 Å². The molecule has 0 aliphatic heterocycles. The zero-order chi connectivity index (χ0) is 10.1. The zero-order valence-corrected chi connectivity index (χ0v) is 9.18. The summed E-state index contributed by atoms with van der Waals surface area (Å²) in [6.07, 6.45) is 3.25. The first-order valence-corrected chi connectivity index (χ1v) is 5.30. The van der Waals surface area contributed by atoms with Crippen LogP contribution in [0.5, 0.6) is 0 Å². The van der Waals surface area contributed by atoms with E-state index >= 15 is 0 Å². The van der Waals surface area contributed by atoms with Crippen molar-refractivity contribution < 1.29 is 4.79 Å². The van der Waals surface area contributed by atoms with Crippen molar-refractivity contribution in [1.82, 2.24) is 5.32 Å². The molecular formula is C11H21NO. The first-order chi connectivity index (χ1) is 5.98. The molecule has 13 heavy (non-hydrogen) atoms. The maximum absolute atomic E-state index is 11.9. The normalized spacial score (nSPS) is 20.5. The fraction of sp³-hybridized carbons (Fsp3) is 0.909. The van der Waals surface area contributed by atoms with E-state index in [1.807, 2.05) is 13.8 Å². The van der Waals surface area contributed by atoms with E-state index in [1.165, 1.54) is 6.42 Å². The van der Waals surface area contributed by atoms with Crippen molar-refractivity contribution in [2.24, 2.45) is 5.92 Å². The van der Waals surface area contributed by atoms with E-state index in [0.29, 0.717) is 11.8 Å². The lowest BCUT2D eigenvalue weighted by Crippen LogP contribution is -2.60. The van der Waals surface area contributed by atoms with Gasteiger partial charge in [-0.15, -0.1) is 0 Å². The lowest BCUT2D eigenvalue weighted by molar-refractivity contribution is -0.132. The minimum absolute atomic E-state index is 0.159. The Bertz CT molecular complexity index is 192. The van der Waals surface area contributed by atoms with Crippen molar-refractivity contribution >= 4 is 5.78 Å². The number of Topliss-reactive ketones (excluding diaryl/α,β-unsaturated/α-hetero) is 1. The van der Waals surface area contributed by atoms with Crippen molar-refractivity contribution in [3.63, 3.8) is 0 Å². The van der Waals surface area contributed by atoms with E-state index in [9.17, 15) is 4.79 Å². The number of carbonyl (C=O) groups excluding carboxylic acids is 1. The Balaban J connectivity index is 2.64. The van der Waals surface area contributed by atoms with E-state index < -0.39 is 0 Å². The SMILES string of the molecule is CC(C)NC1(C(=O)C(C)C)CCC1. The molecule has 0 aromatic carbocycles. The first kappa shape index (κ1) is 10.7. The molecule has 76 valence electrons. The summed E-state index contributed by atoms with van der Waals surface area (Å²) >= 11 is 0. The molecule has 1 rings (SSSR count). The van der Waals surface area contributed by atoms with Crippen molar-refractivity contribution in [2.45, 2.75) is 58.5 Å². The average Bonchev–Trinajstić information content (AvgIpc) is 1.95. The highest BCUT2D eigenvalue weighted by Crippen LogP contribution is 2.35. The van der Waals surface area contributed by atoms with Gasteiger partial charge in [0.2, 0.25) is 0 Å². The summed E-state index contributed by atoms with van der Waals surface area (Å²) in [5.41, 5.74) is -0.164. The fourth-order valence-corrected chi connectivity index (χ4v) is 2.10. The van der Waals surface area contributed by atoms with Crippen LogP contribution in [-0.4, -0.2) is 17.4 Å². The molecule has 1 N–H and O–H groups in total. The number of nitrogens with one attached hydrogen (secondary N) is 1. The molecule has 0 spiro atoms. The molecule has 1 aliphatic rings. The minimum Gasteiger partial charge on any atom is -0.303 e. The van der Waals surface area contributed by atoms with E-state index in [0.717, 1.165) is 12.8 Å². The molecule has 0 bridgehead atoms. The largest absolute Gasteiger partial charge is 0.303 e. The molecule has 0 aromatic rings. The van der Waals surface area contributed by atoms with Gasteiger partial charge in [-0.25, -0.2) is 0 Å². The maximum atomic E-state index is 11.9. The molecule has 1 fully saturated rings. The molecule has 0 saturated heterocycles. The number of hydrogen-bond donors (Lipinski definition) is 1. The highest BCUT2D eigenvalue weighted by atomic mass is 16.1. The summed E-state index contributed by atoms with van der Waals surface area (Å²) in [6.45, 7) is 8.19. The minimum atomic E-state index is -0.164. The molecular weight excluding hydrogens is 162 g/mol. The average molecular weight is 183 g/mol. The monoisotopic (exact) mass is 183 g/mol. The standard InChI is InChI=1S/C11H21NO/c1-8(2)10(13)11(6-5-7-11)12-9(3)4/h8-9,12H,5-7H2,1-4H3. The Kier molecular flexibility index (Phi) is 3.12. The fourth-order valence-electron chi connectivity index (χ4n) is 2.10. The van der Waals surface area contributed by atoms with Gasteiger partial charge in [0.25, 0.3) is 0 Å². The summed E-state index contributed by atoms with van der Waals surface area (Å²) in [6, 6.07) is 0.406. The number of ketones is 1. The van der Waals surface area contributed by atoms with E-state index in [4.69, 9.17) is 0 Å². The summed E-state index contributed by atoms with van der Waals surface area (Å²) in [4.78, 5) is 11.9. The Hall–Kier alpha value is -0.370. The summed E-state index contributed by atoms with van der Waals surface area (Å²) < 4.78 is 0. The molecule has 2 nitrogen and oxygen atoms in total. The van der Waals surface area contributed by atoms with Crippen LogP contribution < -0.4 is 5.32 Å². The molecule has 0 heterocycles. The van der Waals surface area contributed by atoms with Crippen LogP contribution in [0.1, 0.15) is 47.0 Å². The molecule has 1 aliphatic carbocycles. The van der Waals surface area contributed by atoms with Gasteiger partial charge in [-0.2, -0.15) is 0 Å². The highest BCUT2D eigenvalue weighted by Gasteiger charge is 2.44. The Morgan fingerprint density at radius 2 is 1.77 bits per heavy atom. The molecule has 0 atom stereocenters. The van der Waals surface area contributed by atoms with Gasteiger partial charge in [0, 0.05) is 12.0 Å². The van der Waals surface area contributed by atoms with E-state index in [-0.39, 0.29) is 11.5 Å². The van der Waals surface area contributed by atoms with E-state index in [2.05, 4.69) is 19.2 Å². The Morgan fingerprint density at radius 3 is 2.00 bits per heavy atom. The van der Waals surface area contributed by atoms with Gasteiger partial charge in [0.15, 0.2) is 5.78 Å². The van der Waals surface area contributed by atoms with Crippen LogP contribution in [-0.2, 0) is 4.79 Å². The van der Waals surface area contributed by atoms with Gasteiger partial charge < -0.3 is 5.32 Å². The Morgan fingerprint density at radius 1 is 1.23 bits per heavy atom. The van der Waals surface area contributed by atoms with Crippen molar-refractivity contribution in [2.75, 3.05) is 0 Å². The van der Waals surface area contributed by atoms with Crippen molar-refractivity contribution in [3.05, 3.63) is 0 Å². The van der Waals surface area contributed by atoms with Crippen LogP contribution in [0.2, 0.25) is 0 Å². The zero-order valence-electron chi connectivity index (χ0n) is 9.18. The van der Waals surface area contributed by atoms with Gasteiger partial charge in [-0.1, -0.05) is 13.8 Å². The summed E-state index contributed by atoms with van der Waals surface area (Å²) in [5.74, 6) is 0.555. The number of carbonyl (C=O) groups is 1. The van der Waals surface area contributed by atoms with Crippen LogP contribution >= 0.6 is 0 Å². The third-order valence-corrected chi connectivity index (χ3v) is 2.77. The smallest absolute Gasteiger partial charge is 0.155 e. The number of rotatable bonds is 4. The predicted molar refractivity (Wildman–Crippen MR) is 54.7 cm³/mol. The lowest BCUT2D eigenvalue weighted by atomic mass is 9.70. The van der Waals surface area contributed by atoms with Crippen LogP contribution in [0.25, 0.3) is 0 Å². The molecule has 0 radical (unpaired) electrons. The quantitative estimate of drug-likeness (QED) is 0.723. The molecule has 1 saturated carbocycles. The van der Waals surface area contributed by atoms with Gasteiger partial charge in [-0.05, 0) is 33.1 Å². The number of hydrogen-bond acceptors (Lipinski definition) is 2. The second-order valence-electron chi connectivity index (χ2n) is 4.75. The third kappa shape index (κ3) is 2.11. The van der Waals surface area contributed by atoms with Gasteiger partial charge in [0.05, 0.1) is 5.54 Å². The Labute approximate surface area is 81.1 Å². The third-order valence-electron chi connectivity index (χ3n) is 2.77. The molecule has 0 unspecified atom stereocenters. The van der Waals surface area contributed by atoms with Gasteiger partial charge >= 0.3 is 0 Å². The maximum Gasteiger partial charge on any atom is 0.155 e.